The van der Waals surface area contributed by atoms with E-state index in [1.165, 1.54) is 30.0 Å². The van der Waals surface area contributed by atoms with Crippen LogP contribution in [-0.2, 0) is 4.79 Å². The number of hydrogen-bond donors (Lipinski definition) is 1. The quantitative estimate of drug-likeness (QED) is 0.394. The van der Waals surface area contributed by atoms with Crippen LogP contribution in [0.2, 0.25) is 0 Å². The van der Waals surface area contributed by atoms with E-state index in [9.17, 15) is 14.9 Å². The fraction of sp³-hybridized carbons (Fsp3) is 0.176. The molecule has 0 spiro atoms. The van der Waals surface area contributed by atoms with Crippen LogP contribution in [-0.4, -0.2) is 36.3 Å². The molecular formula is C17H16N6O3S. The van der Waals surface area contributed by atoms with Crippen molar-refractivity contribution in [2.45, 2.75) is 24.3 Å². The zero-order valence-corrected chi connectivity index (χ0v) is 15.4. The van der Waals surface area contributed by atoms with Crippen LogP contribution >= 0.6 is 11.8 Å². The second kappa shape index (κ2) is 7.96. The number of carbonyl (C=O) groups is 1. The zero-order valence-electron chi connectivity index (χ0n) is 14.6. The monoisotopic (exact) mass is 384 g/mol. The van der Waals surface area contributed by atoms with E-state index in [1.807, 2.05) is 31.2 Å². The van der Waals surface area contributed by atoms with Gasteiger partial charge in [0.25, 0.3) is 5.69 Å². The molecule has 9 nitrogen and oxygen atoms in total. The number of carbonyl (C=O) groups excluding carboxylic acids is 1. The van der Waals surface area contributed by atoms with Gasteiger partial charge in [-0.3, -0.25) is 14.9 Å². The molecule has 0 bridgehead atoms. The maximum Gasteiger partial charge on any atom is 0.271 e. The third-order valence-electron chi connectivity index (χ3n) is 3.70. The van der Waals surface area contributed by atoms with Gasteiger partial charge in [0.05, 0.1) is 15.9 Å². The largest absolute Gasteiger partial charge is 0.325 e. The Labute approximate surface area is 158 Å². The SMILES string of the molecule is Cc1ccc(-n2nnnc2SC(C)C(=O)Nc2cccc([N+](=O)[O-])c2)cc1. The van der Waals surface area contributed by atoms with Crippen molar-refractivity contribution in [2.24, 2.45) is 0 Å². The molecular weight excluding hydrogens is 368 g/mol. The smallest absolute Gasteiger partial charge is 0.271 e. The van der Waals surface area contributed by atoms with Crippen molar-refractivity contribution >= 4 is 29.0 Å². The summed E-state index contributed by atoms with van der Waals surface area (Å²) in [7, 11) is 0. The first-order chi connectivity index (χ1) is 12.9. The van der Waals surface area contributed by atoms with Gasteiger partial charge in [-0.1, -0.05) is 35.5 Å². The van der Waals surface area contributed by atoms with Gasteiger partial charge in [0.1, 0.15) is 0 Å². The van der Waals surface area contributed by atoms with E-state index in [2.05, 4.69) is 20.8 Å². The molecule has 3 aromatic rings. The minimum absolute atomic E-state index is 0.0866. The number of nitrogens with one attached hydrogen (secondary N) is 1. The Kier molecular flexibility index (Phi) is 5.46. The Balaban J connectivity index is 1.71. The van der Waals surface area contributed by atoms with Gasteiger partial charge in [-0.2, -0.15) is 4.68 Å². The van der Waals surface area contributed by atoms with Crippen molar-refractivity contribution in [1.82, 2.24) is 20.2 Å². The summed E-state index contributed by atoms with van der Waals surface area (Å²) in [6.45, 7) is 3.70. The van der Waals surface area contributed by atoms with Crippen molar-refractivity contribution in [1.29, 1.82) is 0 Å². The molecule has 0 aliphatic rings. The second-order valence-corrected chi connectivity index (χ2v) is 7.07. The van der Waals surface area contributed by atoms with Crippen LogP contribution in [0.5, 0.6) is 0 Å². The van der Waals surface area contributed by atoms with E-state index < -0.39 is 10.2 Å². The third-order valence-corrected chi connectivity index (χ3v) is 4.73. The molecule has 0 saturated carbocycles. The van der Waals surface area contributed by atoms with E-state index in [4.69, 9.17) is 0 Å². The van der Waals surface area contributed by atoms with Gasteiger partial charge >= 0.3 is 0 Å². The summed E-state index contributed by atoms with van der Waals surface area (Å²) in [5.74, 6) is -0.307. The van der Waals surface area contributed by atoms with Crippen molar-refractivity contribution < 1.29 is 9.72 Å². The summed E-state index contributed by atoms with van der Waals surface area (Å²) in [4.78, 5) is 22.8. The summed E-state index contributed by atoms with van der Waals surface area (Å²) in [6.07, 6.45) is 0. The van der Waals surface area contributed by atoms with Crippen LogP contribution in [0.4, 0.5) is 11.4 Å². The molecule has 2 aromatic carbocycles. The third kappa shape index (κ3) is 4.47. The Hall–Kier alpha value is -3.27. The van der Waals surface area contributed by atoms with Gasteiger partial charge in [-0.05, 0) is 42.5 Å². The number of tetrazole rings is 1. The van der Waals surface area contributed by atoms with E-state index >= 15 is 0 Å². The van der Waals surface area contributed by atoms with Gasteiger partial charge in [-0.15, -0.1) is 5.10 Å². The maximum atomic E-state index is 12.4. The molecule has 1 aromatic heterocycles. The Morgan fingerprint density at radius 3 is 2.70 bits per heavy atom. The van der Waals surface area contributed by atoms with Crippen LogP contribution in [0.3, 0.4) is 0 Å². The molecule has 1 atom stereocenters. The molecule has 1 unspecified atom stereocenters. The molecule has 1 N–H and O–H groups in total. The number of aryl methyl sites for hydroxylation is 1. The van der Waals surface area contributed by atoms with E-state index in [1.54, 1.807) is 17.7 Å². The summed E-state index contributed by atoms with van der Waals surface area (Å²) < 4.78 is 1.56. The average molecular weight is 384 g/mol. The van der Waals surface area contributed by atoms with Gasteiger partial charge < -0.3 is 5.32 Å². The van der Waals surface area contributed by atoms with Crippen molar-refractivity contribution in [3.05, 3.63) is 64.2 Å². The molecule has 0 fully saturated rings. The Morgan fingerprint density at radius 2 is 2.00 bits per heavy atom. The predicted molar refractivity (Wildman–Crippen MR) is 101 cm³/mol. The number of rotatable bonds is 6. The first-order valence-electron chi connectivity index (χ1n) is 8.01. The van der Waals surface area contributed by atoms with Gasteiger partial charge in [0.15, 0.2) is 0 Å². The van der Waals surface area contributed by atoms with E-state index in [-0.39, 0.29) is 11.6 Å². The summed E-state index contributed by atoms with van der Waals surface area (Å²) >= 11 is 1.19. The molecule has 0 aliphatic heterocycles. The van der Waals surface area contributed by atoms with Crippen molar-refractivity contribution in [3.8, 4) is 5.69 Å². The zero-order chi connectivity index (χ0) is 19.4. The number of nitro groups is 1. The topological polar surface area (TPSA) is 116 Å². The lowest BCUT2D eigenvalue weighted by Gasteiger charge is -2.11. The molecule has 1 amide bonds. The average Bonchev–Trinajstić information content (AvgIpc) is 3.10. The van der Waals surface area contributed by atoms with Gasteiger partial charge in [-0.25, -0.2) is 0 Å². The van der Waals surface area contributed by atoms with Crippen molar-refractivity contribution in [2.75, 3.05) is 5.32 Å². The minimum atomic E-state index is -0.514. The first kappa shape index (κ1) is 18.5. The maximum absolute atomic E-state index is 12.4. The Bertz CT molecular complexity index is 973. The first-order valence-corrected chi connectivity index (χ1v) is 8.89. The number of anilines is 1. The van der Waals surface area contributed by atoms with Crippen LogP contribution in [0.25, 0.3) is 5.69 Å². The highest BCUT2D eigenvalue weighted by Crippen LogP contribution is 2.24. The highest BCUT2D eigenvalue weighted by atomic mass is 32.2. The summed E-state index contributed by atoms with van der Waals surface area (Å²) in [5.41, 5.74) is 2.18. The van der Waals surface area contributed by atoms with E-state index in [0.29, 0.717) is 10.8 Å². The normalized spacial score (nSPS) is 11.8. The lowest BCUT2D eigenvalue weighted by atomic mass is 10.2. The molecule has 1 heterocycles. The van der Waals surface area contributed by atoms with Gasteiger partial charge in [0, 0.05) is 17.8 Å². The Morgan fingerprint density at radius 1 is 1.26 bits per heavy atom. The highest BCUT2D eigenvalue weighted by Gasteiger charge is 2.20. The van der Waals surface area contributed by atoms with Crippen LogP contribution in [0.15, 0.2) is 53.7 Å². The van der Waals surface area contributed by atoms with E-state index in [0.717, 1.165) is 11.3 Å². The van der Waals surface area contributed by atoms with Crippen molar-refractivity contribution in [3.63, 3.8) is 0 Å². The lowest BCUT2D eigenvalue weighted by molar-refractivity contribution is -0.384. The predicted octanol–water partition coefficient (Wildman–Crippen LogP) is 3.00. The second-order valence-electron chi connectivity index (χ2n) is 5.77. The standard InChI is InChI=1S/C17H16N6O3S/c1-11-6-8-14(9-7-11)22-17(19-20-21-22)27-12(2)16(24)18-13-4-3-5-15(10-13)23(25)26/h3-10,12H,1-2H3,(H,18,24). The van der Waals surface area contributed by atoms with Crippen LogP contribution < -0.4 is 5.32 Å². The number of non-ortho nitro benzene ring substituents is 1. The number of nitrogens with zero attached hydrogens (tertiary/aromatic N) is 5. The number of benzene rings is 2. The highest BCUT2D eigenvalue weighted by molar-refractivity contribution is 8.00. The molecule has 138 valence electrons. The molecule has 10 heteroatoms. The number of thioether (sulfide) groups is 1. The summed E-state index contributed by atoms with van der Waals surface area (Å²) in [6, 6.07) is 13.5. The summed E-state index contributed by atoms with van der Waals surface area (Å²) in [5, 5.41) is 25.1. The number of amides is 1. The number of nitro benzene ring substituents is 1. The number of aromatic nitrogens is 4. The lowest BCUT2D eigenvalue weighted by Crippen LogP contribution is -2.23. The fourth-order valence-corrected chi connectivity index (χ4v) is 3.06. The fourth-order valence-electron chi connectivity index (χ4n) is 2.25. The molecule has 0 aliphatic carbocycles. The van der Waals surface area contributed by atoms with Crippen LogP contribution in [0.1, 0.15) is 12.5 Å². The minimum Gasteiger partial charge on any atom is -0.325 e. The molecule has 3 rings (SSSR count). The van der Waals surface area contributed by atoms with Crippen LogP contribution in [0, 0.1) is 17.0 Å². The molecule has 0 saturated heterocycles. The number of hydrogen-bond acceptors (Lipinski definition) is 7. The molecule has 0 radical (unpaired) electrons. The van der Waals surface area contributed by atoms with Gasteiger partial charge in [0.2, 0.25) is 11.1 Å². The molecule has 27 heavy (non-hydrogen) atoms.